The highest BCUT2D eigenvalue weighted by atomic mass is 16.1. The van der Waals surface area contributed by atoms with E-state index in [-0.39, 0.29) is 5.91 Å². The zero-order valence-electron chi connectivity index (χ0n) is 12.5. The average molecular weight is 275 g/mol. The van der Waals surface area contributed by atoms with Gasteiger partial charge in [0.2, 0.25) is 5.91 Å². The molecule has 1 aliphatic rings. The van der Waals surface area contributed by atoms with E-state index in [0.717, 1.165) is 32.5 Å². The van der Waals surface area contributed by atoms with Crippen LogP contribution >= 0.6 is 0 Å². The van der Waals surface area contributed by atoms with Crippen molar-refractivity contribution in [1.29, 1.82) is 0 Å². The molecule has 1 amide bonds. The molecule has 0 aromatic heterocycles. The maximum absolute atomic E-state index is 11.4. The number of rotatable bonds is 6. The van der Waals surface area contributed by atoms with Crippen molar-refractivity contribution in [2.24, 2.45) is 0 Å². The van der Waals surface area contributed by atoms with Crippen LogP contribution in [0.2, 0.25) is 0 Å². The van der Waals surface area contributed by atoms with Crippen LogP contribution in [0.4, 0.5) is 5.69 Å². The molecule has 0 radical (unpaired) electrons. The van der Waals surface area contributed by atoms with E-state index in [1.54, 1.807) is 7.05 Å². The second kappa shape index (κ2) is 7.29. The summed E-state index contributed by atoms with van der Waals surface area (Å²) in [5.74, 6) is 0.105. The first-order valence-corrected chi connectivity index (χ1v) is 7.54. The summed E-state index contributed by atoms with van der Waals surface area (Å²) >= 11 is 0. The van der Waals surface area contributed by atoms with Crippen molar-refractivity contribution in [3.63, 3.8) is 0 Å². The lowest BCUT2D eigenvalue weighted by Gasteiger charge is -2.36. The number of hydrogen-bond donors (Lipinski definition) is 2. The van der Waals surface area contributed by atoms with Crippen LogP contribution < -0.4 is 15.5 Å². The Morgan fingerprint density at radius 3 is 2.95 bits per heavy atom. The van der Waals surface area contributed by atoms with Gasteiger partial charge in [0.25, 0.3) is 0 Å². The number of hydrogen-bond acceptors (Lipinski definition) is 3. The van der Waals surface area contributed by atoms with Gasteiger partial charge in [0.1, 0.15) is 0 Å². The Kier molecular flexibility index (Phi) is 5.41. The van der Waals surface area contributed by atoms with Crippen LogP contribution in [-0.4, -0.2) is 32.6 Å². The highest BCUT2D eigenvalue weighted by Gasteiger charge is 2.24. The second-order valence-corrected chi connectivity index (χ2v) is 5.26. The van der Waals surface area contributed by atoms with Gasteiger partial charge in [0.05, 0.1) is 0 Å². The van der Waals surface area contributed by atoms with E-state index in [1.165, 1.54) is 11.3 Å². The van der Waals surface area contributed by atoms with Crippen molar-refractivity contribution >= 4 is 11.6 Å². The maximum atomic E-state index is 11.4. The number of carbonyl (C=O) groups is 1. The van der Waals surface area contributed by atoms with Crippen molar-refractivity contribution in [2.75, 3.05) is 31.6 Å². The third-order valence-corrected chi connectivity index (χ3v) is 3.87. The van der Waals surface area contributed by atoms with Gasteiger partial charge in [-0.3, -0.25) is 4.79 Å². The van der Waals surface area contributed by atoms with Crippen molar-refractivity contribution in [2.45, 2.75) is 32.2 Å². The quantitative estimate of drug-likeness (QED) is 0.835. The fourth-order valence-electron chi connectivity index (χ4n) is 2.76. The van der Waals surface area contributed by atoms with Gasteiger partial charge in [0.15, 0.2) is 0 Å². The number of fused-ring (bicyclic) bond motifs is 1. The number of nitrogens with zero attached hydrogens (tertiary/aromatic N) is 1. The molecule has 20 heavy (non-hydrogen) atoms. The van der Waals surface area contributed by atoms with Gasteiger partial charge in [-0.05, 0) is 31.0 Å². The van der Waals surface area contributed by atoms with E-state index >= 15 is 0 Å². The molecule has 1 aliphatic heterocycles. The smallest absolute Gasteiger partial charge is 0.221 e. The van der Waals surface area contributed by atoms with E-state index in [4.69, 9.17) is 0 Å². The molecule has 4 nitrogen and oxygen atoms in total. The van der Waals surface area contributed by atoms with Crippen LogP contribution in [0.1, 0.15) is 37.8 Å². The summed E-state index contributed by atoms with van der Waals surface area (Å²) < 4.78 is 0. The fraction of sp³-hybridized carbons (Fsp3) is 0.562. The maximum Gasteiger partial charge on any atom is 0.221 e. The highest BCUT2D eigenvalue weighted by molar-refractivity contribution is 5.76. The van der Waals surface area contributed by atoms with Gasteiger partial charge < -0.3 is 15.5 Å². The summed E-state index contributed by atoms with van der Waals surface area (Å²) in [7, 11) is 1.69. The molecule has 1 atom stereocenters. The number of nitrogens with one attached hydrogen (secondary N) is 2. The van der Waals surface area contributed by atoms with Crippen molar-refractivity contribution in [3.8, 4) is 0 Å². The SMILES string of the molecule is CCCNC1CCN(CCC(=O)NC)c2ccccc21. The minimum absolute atomic E-state index is 0.105. The largest absolute Gasteiger partial charge is 0.371 e. The first kappa shape index (κ1) is 14.9. The molecule has 0 fully saturated rings. The third kappa shape index (κ3) is 3.51. The van der Waals surface area contributed by atoms with Crippen molar-refractivity contribution in [1.82, 2.24) is 10.6 Å². The molecule has 1 aromatic rings. The molecule has 4 heteroatoms. The molecule has 0 aliphatic carbocycles. The van der Waals surface area contributed by atoms with E-state index < -0.39 is 0 Å². The van der Waals surface area contributed by atoms with Crippen molar-refractivity contribution in [3.05, 3.63) is 29.8 Å². The van der Waals surface area contributed by atoms with E-state index in [1.807, 2.05) is 0 Å². The molecule has 0 spiro atoms. The minimum atomic E-state index is 0.105. The Morgan fingerprint density at radius 1 is 1.40 bits per heavy atom. The molecule has 110 valence electrons. The van der Waals surface area contributed by atoms with E-state index in [2.05, 4.69) is 46.7 Å². The first-order valence-electron chi connectivity index (χ1n) is 7.54. The molecule has 2 rings (SSSR count). The summed E-state index contributed by atoms with van der Waals surface area (Å²) in [6.07, 6.45) is 2.81. The van der Waals surface area contributed by atoms with Gasteiger partial charge in [-0.2, -0.15) is 0 Å². The molecule has 1 aromatic carbocycles. The zero-order valence-corrected chi connectivity index (χ0v) is 12.5. The van der Waals surface area contributed by atoms with Gasteiger partial charge in [0, 0.05) is 38.3 Å². The molecule has 1 heterocycles. The lowest BCUT2D eigenvalue weighted by molar-refractivity contribution is -0.120. The van der Waals surface area contributed by atoms with E-state index in [9.17, 15) is 4.79 Å². The summed E-state index contributed by atoms with van der Waals surface area (Å²) in [4.78, 5) is 13.8. The number of benzene rings is 1. The Balaban J connectivity index is 2.08. The number of carbonyl (C=O) groups excluding carboxylic acids is 1. The summed E-state index contributed by atoms with van der Waals surface area (Å²) in [6.45, 7) is 5.04. The summed E-state index contributed by atoms with van der Waals surface area (Å²) in [6, 6.07) is 8.99. The summed E-state index contributed by atoms with van der Waals surface area (Å²) in [5, 5.41) is 6.31. The summed E-state index contributed by atoms with van der Waals surface area (Å²) in [5.41, 5.74) is 2.64. The molecular formula is C16H25N3O. The lowest BCUT2D eigenvalue weighted by atomic mass is 9.96. The van der Waals surface area contributed by atoms with E-state index in [0.29, 0.717) is 12.5 Å². The molecule has 1 unspecified atom stereocenters. The third-order valence-electron chi connectivity index (χ3n) is 3.87. The average Bonchev–Trinajstić information content (AvgIpc) is 2.50. The van der Waals surface area contributed by atoms with Gasteiger partial charge in [-0.15, -0.1) is 0 Å². The topological polar surface area (TPSA) is 44.4 Å². The Labute approximate surface area is 121 Å². The molecule has 2 N–H and O–H groups in total. The number of anilines is 1. The molecule has 0 bridgehead atoms. The Hall–Kier alpha value is -1.55. The van der Waals surface area contributed by atoms with Crippen LogP contribution in [0.25, 0.3) is 0 Å². The van der Waals surface area contributed by atoms with Gasteiger partial charge in [-0.25, -0.2) is 0 Å². The second-order valence-electron chi connectivity index (χ2n) is 5.26. The van der Waals surface area contributed by atoms with Gasteiger partial charge in [-0.1, -0.05) is 25.1 Å². The molecule has 0 saturated heterocycles. The van der Waals surface area contributed by atoms with Crippen LogP contribution in [0.3, 0.4) is 0 Å². The Bertz CT molecular complexity index is 447. The number of amides is 1. The first-order chi connectivity index (χ1) is 9.76. The minimum Gasteiger partial charge on any atom is -0.371 e. The standard InChI is InChI=1S/C16H25N3O/c1-3-10-18-14-8-11-19(12-9-16(20)17-2)15-7-5-4-6-13(14)15/h4-7,14,18H,3,8-12H2,1-2H3,(H,17,20). The lowest BCUT2D eigenvalue weighted by Crippen LogP contribution is -2.38. The predicted molar refractivity (Wildman–Crippen MR) is 83.0 cm³/mol. The normalized spacial score (nSPS) is 17.7. The van der Waals surface area contributed by atoms with Crippen LogP contribution in [0.15, 0.2) is 24.3 Å². The zero-order chi connectivity index (χ0) is 14.4. The molecule has 0 saturated carbocycles. The molecular weight excluding hydrogens is 250 g/mol. The Morgan fingerprint density at radius 2 is 2.20 bits per heavy atom. The van der Waals surface area contributed by atoms with Crippen molar-refractivity contribution < 1.29 is 4.79 Å². The predicted octanol–water partition coefficient (Wildman–Crippen LogP) is 2.07. The number of para-hydroxylation sites is 1. The fourth-order valence-corrected chi connectivity index (χ4v) is 2.76. The van der Waals surface area contributed by atoms with Crippen LogP contribution in [0.5, 0.6) is 0 Å². The van der Waals surface area contributed by atoms with Crippen LogP contribution in [0, 0.1) is 0 Å². The van der Waals surface area contributed by atoms with Crippen LogP contribution in [-0.2, 0) is 4.79 Å². The highest BCUT2D eigenvalue weighted by Crippen LogP contribution is 2.33. The monoisotopic (exact) mass is 275 g/mol. The van der Waals surface area contributed by atoms with Gasteiger partial charge >= 0.3 is 0 Å².